The number of aromatic nitrogens is 2. The van der Waals surface area contributed by atoms with Gasteiger partial charge in [0, 0.05) is 26.2 Å². The second-order valence-electron chi connectivity index (χ2n) is 4.78. The standard InChI is InChI=1S/C12H20BrN5O2/c1-3-18-9(11(13)8(2)15-18)6-17-4-5-20-10(7-17)12(14)16-19/h10,19H,3-7H2,1-2H3,(H2,14,16). The lowest BCUT2D eigenvalue weighted by Crippen LogP contribution is -2.48. The van der Waals surface area contributed by atoms with Gasteiger partial charge in [0.1, 0.15) is 6.10 Å². The first-order chi connectivity index (χ1) is 9.56. The summed E-state index contributed by atoms with van der Waals surface area (Å²) in [6, 6.07) is 0. The first-order valence-electron chi connectivity index (χ1n) is 6.60. The summed E-state index contributed by atoms with van der Waals surface area (Å²) in [6.07, 6.45) is -0.355. The highest BCUT2D eigenvalue weighted by Crippen LogP contribution is 2.23. The van der Waals surface area contributed by atoms with Crippen molar-refractivity contribution in [3.8, 4) is 0 Å². The van der Waals surface area contributed by atoms with E-state index in [-0.39, 0.29) is 11.9 Å². The maximum Gasteiger partial charge on any atom is 0.169 e. The van der Waals surface area contributed by atoms with E-state index >= 15 is 0 Å². The van der Waals surface area contributed by atoms with E-state index in [2.05, 4.69) is 38.0 Å². The second-order valence-corrected chi connectivity index (χ2v) is 5.57. The molecule has 1 atom stereocenters. The number of aryl methyl sites for hydroxylation is 2. The Morgan fingerprint density at radius 2 is 2.40 bits per heavy atom. The van der Waals surface area contributed by atoms with E-state index in [1.54, 1.807) is 0 Å². The van der Waals surface area contributed by atoms with Crippen LogP contribution in [0.2, 0.25) is 0 Å². The SMILES string of the molecule is CCn1nc(C)c(Br)c1CN1CCOC(C(N)=NO)C1. The fourth-order valence-corrected chi connectivity index (χ4v) is 2.73. The van der Waals surface area contributed by atoms with Crippen LogP contribution in [0.25, 0.3) is 0 Å². The topological polar surface area (TPSA) is 88.9 Å². The largest absolute Gasteiger partial charge is 0.409 e. The zero-order chi connectivity index (χ0) is 14.7. The van der Waals surface area contributed by atoms with Crippen LogP contribution in [0.4, 0.5) is 0 Å². The van der Waals surface area contributed by atoms with Crippen molar-refractivity contribution in [2.45, 2.75) is 33.0 Å². The van der Waals surface area contributed by atoms with Crippen LogP contribution >= 0.6 is 15.9 Å². The van der Waals surface area contributed by atoms with Gasteiger partial charge in [0.05, 0.1) is 22.5 Å². The summed E-state index contributed by atoms with van der Waals surface area (Å²) in [4.78, 5) is 2.22. The van der Waals surface area contributed by atoms with Crippen molar-refractivity contribution in [3.63, 3.8) is 0 Å². The Morgan fingerprint density at radius 1 is 1.65 bits per heavy atom. The lowest BCUT2D eigenvalue weighted by atomic mass is 10.2. The van der Waals surface area contributed by atoms with Gasteiger partial charge >= 0.3 is 0 Å². The van der Waals surface area contributed by atoms with Crippen molar-refractivity contribution < 1.29 is 9.94 Å². The van der Waals surface area contributed by atoms with Crippen molar-refractivity contribution in [1.29, 1.82) is 0 Å². The third kappa shape index (κ3) is 3.13. The quantitative estimate of drug-likeness (QED) is 0.366. The van der Waals surface area contributed by atoms with Crippen LogP contribution in [0.1, 0.15) is 18.3 Å². The molecular formula is C12H20BrN5O2. The number of nitrogens with two attached hydrogens (primary N) is 1. The van der Waals surface area contributed by atoms with Crippen LogP contribution < -0.4 is 5.73 Å². The monoisotopic (exact) mass is 345 g/mol. The molecule has 2 heterocycles. The molecular weight excluding hydrogens is 326 g/mol. The van der Waals surface area contributed by atoms with Crippen LogP contribution in [0.15, 0.2) is 9.63 Å². The summed E-state index contributed by atoms with van der Waals surface area (Å²) in [5.74, 6) is 0.119. The average Bonchev–Trinajstić information content (AvgIpc) is 2.74. The molecule has 1 unspecified atom stereocenters. The van der Waals surface area contributed by atoms with Gasteiger partial charge in [-0.3, -0.25) is 9.58 Å². The van der Waals surface area contributed by atoms with Crippen molar-refractivity contribution in [3.05, 3.63) is 15.9 Å². The second kappa shape index (κ2) is 6.55. The number of ether oxygens (including phenoxy) is 1. The Balaban J connectivity index is 2.10. The highest BCUT2D eigenvalue weighted by atomic mass is 79.9. The third-order valence-electron chi connectivity index (χ3n) is 3.42. The summed E-state index contributed by atoms with van der Waals surface area (Å²) in [5.41, 5.74) is 7.75. The molecule has 1 saturated heterocycles. The number of hydrogen-bond donors (Lipinski definition) is 2. The fraction of sp³-hybridized carbons (Fsp3) is 0.667. The van der Waals surface area contributed by atoms with Gasteiger partial charge in [0.2, 0.25) is 0 Å². The Kier molecular flexibility index (Phi) is 5.00. The van der Waals surface area contributed by atoms with Crippen LogP contribution in [0, 0.1) is 6.92 Å². The van der Waals surface area contributed by atoms with Crippen LogP contribution in [-0.2, 0) is 17.8 Å². The van der Waals surface area contributed by atoms with E-state index in [1.807, 2.05) is 11.6 Å². The maximum atomic E-state index is 8.74. The highest BCUT2D eigenvalue weighted by molar-refractivity contribution is 9.10. The van der Waals surface area contributed by atoms with E-state index in [0.29, 0.717) is 13.2 Å². The Bertz CT molecular complexity index is 502. The zero-order valence-corrected chi connectivity index (χ0v) is 13.3. The van der Waals surface area contributed by atoms with E-state index in [9.17, 15) is 0 Å². The maximum absolute atomic E-state index is 8.74. The van der Waals surface area contributed by atoms with Gasteiger partial charge in [-0.05, 0) is 29.8 Å². The minimum Gasteiger partial charge on any atom is -0.409 e. The van der Waals surface area contributed by atoms with Crippen molar-refractivity contribution in [1.82, 2.24) is 14.7 Å². The lowest BCUT2D eigenvalue weighted by molar-refractivity contribution is 0.000433. The Morgan fingerprint density at radius 3 is 3.05 bits per heavy atom. The molecule has 0 aromatic carbocycles. The minimum absolute atomic E-state index is 0.119. The predicted octanol–water partition coefficient (Wildman–Crippen LogP) is 0.921. The van der Waals surface area contributed by atoms with Gasteiger partial charge in [-0.2, -0.15) is 5.10 Å². The molecule has 1 aliphatic rings. The summed E-state index contributed by atoms with van der Waals surface area (Å²) in [7, 11) is 0. The molecule has 2 rings (SSSR count). The molecule has 0 bridgehead atoms. The summed E-state index contributed by atoms with van der Waals surface area (Å²) in [6.45, 7) is 7.63. The summed E-state index contributed by atoms with van der Waals surface area (Å²) < 4.78 is 8.54. The molecule has 1 aromatic rings. The number of oxime groups is 1. The molecule has 0 radical (unpaired) electrons. The molecule has 0 aliphatic carbocycles. The normalized spacial score (nSPS) is 21.4. The van der Waals surface area contributed by atoms with Gasteiger partial charge in [-0.15, -0.1) is 0 Å². The van der Waals surface area contributed by atoms with Crippen molar-refractivity contribution >= 4 is 21.8 Å². The first kappa shape index (κ1) is 15.3. The van der Waals surface area contributed by atoms with Crippen LogP contribution in [0.5, 0.6) is 0 Å². The molecule has 8 heteroatoms. The molecule has 1 aliphatic heterocycles. The summed E-state index contributed by atoms with van der Waals surface area (Å²) in [5, 5.41) is 16.2. The van der Waals surface area contributed by atoms with Crippen molar-refractivity contribution in [2.75, 3.05) is 19.7 Å². The molecule has 0 saturated carbocycles. The average molecular weight is 346 g/mol. The lowest BCUT2D eigenvalue weighted by Gasteiger charge is -2.32. The van der Waals surface area contributed by atoms with Gasteiger partial charge in [0.25, 0.3) is 0 Å². The first-order valence-corrected chi connectivity index (χ1v) is 7.39. The molecule has 3 N–H and O–H groups in total. The minimum atomic E-state index is -0.355. The van der Waals surface area contributed by atoms with Crippen LogP contribution in [0.3, 0.4) is 0 Å². The van der Waals surface area contributed by atoms with E-state index in [1.165, 1.54) is 0 Å². The van der Waals surface area contributed by atoms with E-state index < -0.39 is 0 Å². The highest BCUT2D eigenvalue weighted by Gasteiger charge is 2.25. The number of morpholine rings is 1. The Hall–Kier alpha value is -1.12. The van der Waals surface area contributed by atoms with Gasteiger partial charge in [0.15, 0.2) is 5.84 Å². The molecule has 1 fully saturated rings. The number of halogens is 1. The van der Waals surface area contributed by atoms with E-state index in [0.717, 1.165) is 35.5 Å². The third-order valence-corrected chi connectivity index (χ3v) is 4.45. The molecule has 1 aromatic heterocycles. The summed E-state index contributed by atoms with van der Waals surface area (Å²) >= 11 is 3.60. The molecule has 0 amide bonds. The van der Waals surface area contributed by atoms with Gasteiger partial charge in [-0.25, -0.2) is 0 Å². The van der Waals surface area contributed by atoms with Crippen LogP contribution in [-0.4, -0.2) is 51.5 Å². The van der Waals surface area contributed by atoms with Gasteiger partial charge < -0.3 is 15.7 Å². The Labute approximate surface area is 126 Å². The smallest absolute Gasteiger partial charge is 0.169 e. The molecule has 112 valence electrons. The number of amidine groups is 1. The number of nitrogens with zero attached hydrogens (tertiary/aromatic N) is 4. The molecule has 0 spiro atoms. The van der Waals surface area contributed by atoms with Crippen molar-refractivity contribution in [2.24, 2.45) is 10.9 Å². The predicted molar refractivity (Wildman–Crippen MR) is 78.8 cm³/mol. The molecule has 7 nitrogen and oxygen atoms in total. The van der Waals surface area contributed by atoms with Gasteiger partial charge in [-0.1, -0.05) is 5.16 Å². The zero-order valence-electron chi connectivity index (χ0n) is 11.7. The fourth-order valence-electron chi connectivity index (χ4n) is 2.32. The molecule has 20 heavy (non-hydrogen) atoms. The van der Waals surface area contributed by atoms with E-state index in [4.69, 9.17) is 15.7 Å². The number of hydrogen-bond acceptors (Lipinski definition) is 5. The number of rotatable bonds is 4.